The Kier molecular flexibility index (Phi) is 9.43. The monoisotopic (exact) mass is 469 g/mol. The zero-order chi connectivity index (χ0) is 23.8. The minimum absolute atomic E-state index is 0.00933. The normalized spacial score (nSPS) is 23.1. The van der Waals surface area contributed by atoms with Crippen molar-refractivity contribution in [1.82, 2.24) is 5.32 Å². The smallest absolute Gasteiger partial charge is 0.332 e. The number of benzene rings is 1. The minimum atomic E-state index is -3.71. The third-order valence-electron chi connectivity index (χ3n) is 5.08. The van der Waals surface area contributed by atoms with Gasteiger partial charge in [-0.1, -0.05) is 51.1 Å². The molecule has 2 rings (SSSR count). The van der Waals surface area contributed by atoms with E-state index in [1.807, 2.05) is 30.3 Å². The summed E-state index contributed by atoms with van der Waals surface area (Å²) in [6.07, 6.45) is -0.665. The first-order chi connectivity index (χ1) is 15.1. The molecule has 0 aromatic heterocycles. The molecule has 178 valence electrons. The average Bonchev–Trinajstić information content (AvgIpc) is 2.76. The van der Waals surface area contributed by atoms with Gasteiger partial charge < -0.3 is 19.3 Å². The summed E-state index contributed by atoms with van der Waals surface area (Å²) < 4.78 is 34.1. The number of esters is 2. The first-order valence-electron chi connectivity index (χ1n) is 10.5. The Labute approximate surface area is 188 Å². The number of hydrogen-bond acceptors (Lipinski definition) is 8. The quantitative estimate of drug-likeness (QED) is 0.411. The number of carbonyl (C=O) groups excluding carboxylic acids is 3. The number of nitrogens with one attached hydrogen (secondary N) is 1. The van der Waals surface area contributed by atoms with E-state index in [4.69, 9.17) is 13.8 Å². The van der Waals surface area contributed by atoms with Gasteiger partial charge in [-0.2, -0.15) is 0 Å². The van der Waals surface area contributed by atoms with E-state index in [0.29, 0.717) is 6.42 Å². The van der Waals surface area contributed by atoms with Gasteiger partial charge in [0.15, 0.2) is 6.10 Å². The van der Waals surface area contributed by atoms with Crippen LogP contribution in [0, 0.1) is 11.3 Å². The summed E-state index contributed by atoms with van der Waals surface area (Å²) in [6, 6.07) is 9.61. The lowest BCUT2D eigenvalue weighted by molar-refractivity contribution is -0.147. The lowest BCUT2D eigenvalue weighted by Crippen LogP contribution is -2.50. The molecule has 0 spiro atoms. The standard InChI is InChI=1S/C22H32NO8P/c1-16(21(26)29-13-11-17-8-6-5-7-9-17)14-32(27)30-15-22(2,3)19(31-32)20(25)23-12-10-18(24)28-4/h5-9,16,19H,10-15H2,1-4H3,(H,23,25)/t16-,19-,32?/m0/s1. The van der Waals surface area contributed by atoms with Crippen molar-refractivity contribution >= 4 is 25.4 Å². The van der Waals surface area contributed by atoms with Crippen LogP contribution in [0.3, 0.4) is 0 Å². The Balaban J connectivity index is 1.89. The van der Waals surface area contributed by atoms with Crippen LogP contribution in [0.25, 0.3) is 0 Å². The van der Waals surface area contributed by atoms with Crippen molar-refractivity contribution < 1.29 is 37.5 Å². The van der Waals surface area contributed by atoms with E-state index in [1.54, 1.807) is 20.8 Å². The maximum Gasteiger partial charge on any atom is 0.332 e. The predicted molar refractivity (Wildman–Crippen MR) is 117 cm³/mol. The Morgan fingerprint density at radius 3 is 2.59 bits per heavy atom. The number of ether oxygens (including phenoxy) is 2. The fourth-order valence-corrected chi connectivity index (χ4v) is 5.43. The number of amides is 1. The number of methoxy groups -OCH3 is 1. The lowest BCUT2D eigenvalue weighted by atomic mass is 9.87. The van der Waals surface area contributed by atoms with E-state index in [-0.39, 0.29) is 32.3 Å². The molecule has 10 heteroatoms. The van der Waals surface area contributed by atoms with E-state index in [2.05, 4.69) is 10.1 Å². The molecule has 32 heavy (non-hydrogen) atoms. The molecular weight excluding hydrogens is 437 g/mol. The molecule has 1 unspecified atom stereocenters. The first kappa shape index (κ1) is 26.0. The summed E-state index contributed by atoms with van der Waals surface area (Å²) in [5, 5.41) is 2.60. The summed E-state index contributed by atoms with van der Waals surface area (Å²) in [7, 11) is -2.45. The molecule has 0 aliphatic carbocycles. The third-order valence-corrected chi connectivity index (χ3v) is 7.13. The molecule has 1 aliphatic rings. The van der Waals surface area contributed by atoms with Crippen molar-refractivity contribution in [3.05, 3.63) is 35.9 Å². The van der Waals surface area contributed by atoms with Crippen LogP contribution in [-0.2, 0) is 43.9 Å². The largest absolute Gasteiger partial charge is 0.469 e. The summed E-state index contributed by atoms with van der Waals surface area (Å²) in [5.74, 6) is -2.20. The summed E-state index contributed by atoms with van der Waals surface area (Å²) in [6.45, 7) is 5.39. The summed E-state index contributed by atoms with van der Waals surface area (Å²) >= 11 is 0. The van der Waals surface area contributed by atoms with Gasteiger partial charge in [-0.25, -0.2) is 0 Å². The van der Waals surface area contributed by atoms with Gasteiger partial charge in [0.05, 0.1) is 38.8 Å². The van der Waals surface area contributed by atoms with E-state index in [0.717, 1.165) is 5.56 Å². The van der Waals surface area contributed by atoms with Gasteiger partial charge >= 0.3 is 19.5 Å². The van der Waals surface area contributed by atoms with Crippen LogP contribution >= 0.6 is 7.60 Å². The minimum Gasteiger partial charge on any atom is -0.469 e. The van der Waals surface area contributed by atoms with Crippen molar-refractivity contribution in [3.8, 4) is 0 Å². The SMILES string of the molecule is COC(=O)CCNC(=O)[C@@H]1OP(=O)(C[C@H](C)C(=O)OCCc2ccccc2)OCC1(C)C. The van der Waals surface area contributed by atoms with Crippen LogP contribution in [0.4, 0.5) is 0 Å². The highest BCUT2D eigenvalue weighted by molar-refractivity contribution is 7.54. The maximum absolute atomic E-state index is 13.2. The number of carbonyl (C=O) groups is 3. The highest BCUT2D eigenvalue weighted by Gasteiger charge is 2.48. The van der Waals surface area contributed by atoms with Crippen LogP contribution < -0.4 is 5.32 Å². The molecule has 0 bridgehead atoms. The molecule has 9 nitrogen and oxygen atoms in total. The Morgan fingerprint density at radius 2 is 1.94 bits per heavy atom. The van der Waals surface area contributed by atoms with Gasteiger partial charge in [0.2, 0.25) is 5.91 Å². The van der Waals surface area contributed by atoms with Crippen molar-refractivity contribution in [3.63, 3.8) is 0 Å². The van der Waals surface area contributed by atoms with E-state index < -0.39 is 42.9 Å². The van der Waals surface area contributed by atoms with E-state index in [1.165, 1.54) is 7.11 Å². The molecule has 1 aliphatic heterocycles. The van der Waals surface area contributed by atoms with E-state index in [9.17, 15) is 18.9 Å². The number of rotatable bonds is 10. The second kappa shape index (κ2) is 11.6. The van der Waals surface area contributed by atoms with Gasteiger partial charge in [-0.3, -0.25) is 23.5 Å². The molecule has 1 amide bonds. The zero-order valence-electron chi connectivity index (χ0n) is 19.0. The second-order valence-electron chi connectivity index (χ2n) is 8.46. The number of hydrogen-bond donors (Lipinski definition) is 1. The summed E-state index contributed by atoms with van der Waals surface area (Å²) in [5.41, 5.74) is 0.297. The second-order valence-corrected chi connectivity index (χ2v) is 10.5. The van der Waals surface area contributed by atoms with Gasteiger partial charge in [0.25, 0.3) is 0 Å². The Morgan fingerprint density at radius 1 is 1.25 bits per heavy atom. The molecule has 1 saturated heterocycles. The van der Waals surface area contributed by atoms with Crippen molar-refractivity contribution in [2.75, 3.05) is 33.0 Å². The van der Waals surface area contributed by atoms with Crippen LogP contribution in [0.5, 0.6) is 0 Å². The van der Waals surface area contributed by atoms with Crippen LogP contribution in [0.2, 0.25) is 0 Å². The molecule has 1 heterocycles. The van der Waals surface area contributed by atoms with Crippen molar-refractivity contribution in [2.24, 2.45) is 11.3 Å². The molecule has 1 aromatic rings. The molecule has 1 fully saturated rings. The van der Waals surface area contributed by atoms with Gasteiger partial charge in [0, 0.05) is 18.4 Å². The average molecular weight is 469 g/mol. The highest BCUT2D eigenvalue weighted by atomic mass is 31.2. The molecular formula is C22H32NO8P. The maximum atomic E-state index is 13.2. The molecule has 1 aromatic carbocycles. The Bertz CT molecular complexity index is 842. The Hall–Kier alpha value is -2.22. The lowest BCUT2D eigenvalue weighted by Gasteiger charge is -2.40. The zero-order valence-corrected chi connectivity index (χ0v) is 19.9. The summed E-state index contributed by atoms with van der Waals surface area (Å²) in [4.78, 5) is 36.2. The molecule has 0 radical (unpaired) electrons. The van der Waals surface area contributed by atoms with Crippen molar-refractivity contribution in [1.29, 1.82) is 0 Å². The molecule has 3 atom stereocenters. The highest BCUT2D eigenvalue weighted by Crippen LogP contribution is 2.57. The first-order valence-corrected chi connectivity index (χ1v) is 12.3. The predicted octanol–water partition coefficient (Wildman–Crippen LogP) is 2.72. The van der Waals surface area contributed by atoms with Gasteiger partial charge in [-0.15, -0.1) is 0 Å². The van der Waals surface area contributed by atoms with Crippen LogP contribution in [0.1, 0.15) is 32.8 Å². The molecule has 1 N–H and O–H groups in total. The van der Waals surface area contributed by atoms with Crippen LogP contribution in [0.15, 0.2) is 30.3 Å². The topological polar surface area (TPSA) is 117 Å². The molecule has 0 saturated carbocycles. The van der Waals surface area contributed by atoms with Crippen molar-refractivity contribution in [2.45, 2.75) is 39.7 Å². The van der Waals surface area contributed by atoms with E-state index >= 15 is 0 Å². The fourth-order valence-electron chi connectivity index (χ4n) is 3.12. The van der Waals surface area contributed by atoms with Crippen LogP contribution in [-0.4, -0.2) is 57.0 Å². The van der Waals surface area contributed by atoms with Gasteiger partial charge in [0.1, 0.15) is 0 Å². The van der Waals surface area contributed by atoms with Gasteiger partial charge in [-0.05, 0) is 5.56 Å². The fraction of sp³-hybridized carbons (Fsp3) is 0.591. The third kappa shape index (κ3) is 7.73.